The maximum absolute atomic E-state index is 10.1. The second-order valence-electron chi connectivity index (χ2n) is 3.18. The normalized spacial score (nSPS) is 14.8. The molecule has 1 amide bonds. The number of nitrogens with zero attached hydrogens (tertiary/aromatic N) is 2. The summed E-state index contributed by atoms with van der Waals surface area (Å²) in [6, 6.07) is 0. The molecule has 4 heteroatoms. The molecule has 0 saturated carbocycles. The summed E-state index contributed by atoms with van der Waals surface area (Å²) in [4.78, 5) is 24.5. The second kappa shape index (κ2) is 9.93. The Labute approximate surface area is 85.0 Å². The number of isocyanates is 1. The maximum atomic E-state index is 10.1. The monoisotopic (exact) mass is 198 g/mol. The van der Waals surface area contributed by atoms with Gasteiger partial charge in [-0.15, -0.1) is 0 Å². The van der Waals surface area contributed by atoms with Gasteiger partial charge in [-0.3, -0.25) is 4.79 Å². The number of hydrogen-bond donors (Lipinski definition) is 0. The molecule has 0 aromatic carbocycles. The molecule has 1 rings (SSSR count). The first-order valence-corrected chi connectivity index (χ1v) is 5.08. The summed E-state index contributed by atoms with van der Waals surface area (Å²) in [6.45, 7) is 4.53. The molecule has 0 unspecified atom stereocenters. The van der Waals surface area contributed by atoms with Crippen LogP contribution in [0.25, 0.3) is 0 Å². The lowest BCUT2D eigenvalue weighted by Gasteiger charge is -2.21. The Hall–Kier alpha value is -1.15. The van der Waals surface area contributed by atoms with Crippen molar-refractivity contribution in [3.63, 3.8) is 0 Å². The summed E-state index contributed by atoms with van der Waals surface area (Å²) in [5.41, 5.74) is 0. The summed E-state index contributed by atoms with van der Waals surface area (Å²) in [5, 5.41) is 0. The fourth-order valence-corrected chi connectivity index (χ4v) is 1.18. The van der Waals surface area contributed by atoms with Crippen LogP contribution in [0.1, 0.15) is 32.6 Å². The average molecular weight is 198 g/mol. The van der Waals surface area contributed by atoms with Crippen molar-refractivity contribution < 1.29 is 9.59 Å². The lowest BCUT2D eigenvalue weighted by atomic mass is 10.1. The fourth-order valence-electron chi connectivity index (χ4n) is 1.18. The van der Waals surface area contributed by atoms with E-state index in [-0.39, 0.29) is 0 Å². The van der Waals surface area contributed by atoms with Crippen LogP contribution in [-0.2, 0) is 9.59 Å². The van der Waals surface area contributed by atoms with Crippen LogP contribution in [0.4, 0.5) is 0 Å². The van der Waals surface area contributed by atoms with Crippen LogP contribution in [0.15, 0.2) is 4.99 Å². The van der Waals surface area contributed by atoms with Gasteiger partial charge in [0.25, 0.3) is 0 Å². The number of carbonyl (C=O) groups excluding carboxylic acids is 2. The van der Waals surface area contributed by atoms with Gasteiger partial charge in [0, 0.05) is 13.1 Å². The van der Waals surface area contributed by atoms with Crippen LogP contribution in [-0.4, -0.2) is 37.0 Å². The Morgan fingerprint density at radius 1 is 1.36 bits per heavy atom. The Morgan fingerprint density at radius 2 is 2.00 bits per heavy atom. The number of carbonyl (C=O) groups is 1. The first kappa shape index (κ1) is 12.8. The summed E-state index contributed by atoms with van der Waals surface area (Å²) in [6.07, 6.45) is 7.00. The van der Waals surface area contributed by atoms with Crippen LogP contribution in [0.2, 0.25) is 0 Å². The molecular weight excluding hydrogens is 180 g/mol. The molecule has 0 N–H and O–H groups in total. The van der Waals surface area contributed by atoms with E-state index in [0.717, 1.165) is 25.9 Å². The third-order valence-corrected chi connectivity index (χ3v) is 1.94. The molecule has 80 valence electrons. The van der Waals surface area contributed by atoms with Crippen molar-refractivity contribution in [3.05, 3.63) is 0 Å². The molecule has 0 radical (unpaired) electrons. The van der Waals surface area contributed by atoms with E-state index in [1.165, 1.54) is 25.3 Å². The molecule has 0 aliphatic carbocycles. The van der Waals surface area contributed by atoms with E-state index in [1.807, 2.05) is 11.8 Å². The van der Waals surface area contributed by atoms with Crippen LogP contribution in [0, 0.1) is 0 Å². The molecule has 1 saturated heterocycles. The number of piperidine rings is 1. The average Bonchev–Trinajstić information content (AvgIpc) is 2.28. The summed E-state index contributed by atoms with van der Waals surface area (Å²) >= 11 is 0. The van der Waals surface area contributed by atoms with Gasteiger partial charge in [0.05, 0.1) is 6.54 Å². The number of aliphatic imine (C=N–C) groups is 1. The second-order valence-corrected chi connectivity index (χ2v) is 3.18. The standard InChI is InChI=1S/C6H11NO.C4H7NO/c8-6-7-4-2-1-3-5-7;1-2-3-5-4-6/h6H,1-5H2;2-3H2,1H3. The van der Waals surface area contributed by atoms with Crippen LogP contribution in [0.3, 0.4) is 0 Å². The maximum Gasteiger partial charge on any atom is 0.234 e. The third kappa shape index (κ3) is 7.50. The summed E-state index contributed by atoms with van der Waals surface area (Å²) in [7, 11) is 0. The molecule has 0 spiro atoms. The van der Waals surface area contributed by atoms with Gasteiger partial charge in [-0.05, 0) is 25.7 Å². The Kier molecular flexibility index (Phi) is 9.12. The van der Waals surface area contributed by atoms with E-state index in [9.17, 15) is 9.59 Å². The van der Waals surface area contributed by atoms with Gasteiger partial charge >= 0.3 is 0 Å². The molecule has 4 nitrogen and oxygen atoms in total. The van der Waals surface area contributed by atoms with Crippen molar-refractivity contribution in [2.45, 2.75) is 32.6 Å². The molecule has 14 heavy (non-hydrogen) atoms. The van der Waals surface area contributed by atoms with Gasteiger partial charge in [0.15, 0.2) is 0 Å². The zero-order chi connectivity index (χ0) is 10.6. The predicted molar refractivity (Wildman–Crippen MR) is 54.8 cm³/mol. The molecule has 1 fully saturated rings. The first-order chi connectivity index (χ1) is 6.85. The molecule has 1 aliphatic heterocycles. The minimum absolute atomic E-state index is 0.615. The first-order valence-electron chi connectivity index (χ1n) is 5.08. The van der Waals surface area contributed by atoms with Crippen molar-refractivity contribution in [1.29, 1.82) is 0 Å². The molecule has 0 aromatic rings. The van der Waals surface area contributed by atoms with E-state index >= 15 is 0 Å². The molecular formula is C10H18N2O2. The Morgan fingerprint density at radius 3 is 2.29 bits per heavy atom. The van der Waals surface area contributed by atoms with E-state index in [0.29, 0.717) is 6.54 Å². The van der Waals surface area contributed by atoms with Crippen LogP contribution in [0.5, 0.6) is 0 Å². The number of hydrogen-bond acceptors (Lipinski definition) is 3. The van der Waals surface area contributed by atoms with Crippen molar-refractivity contribution >= 4 is 12.5 Å². The van der Waals surface area contributed by atoms with Gasteiger partial charge in [0.1, 0.15) is 0 Å². The van der Waals surface area contributed by atoms with E-state index in [1.54, 1.807) is 0 Å². The Bertz CT molecular complexity index is 183. The number of amides is 1. The van der Waals surface area contributed by atoms with Gasteiger partial charge < -0.3 is 4.90 Å². The van der Waals surface area contributed by atoms with Crippen molar-refractivity contribution in [3.8, 4) is 0 Å². The molecule has 1 aliphatic rings. The minimum atomic E-state index is 0.615. The van der Waals surface area contributed by atoms with Gasteiger partial charge in [-0.2, -0.15) is 0 Å². The van der Waals surface area contributed by atoms with E-state index in [2.05, 4.69) is 4.99 Å². The topological polar surface area (TPSA) is 49.7 Å². The highest BCUT2D eigenvalue weighted by atomic mass is 16.1. The Balaban J connectivity index is 0.000000255. The van der Waals surface area contributed by atoms with E-state index < -0.39 is 0 Å². The SMILES string of the molecule is CCCN=C=O.O=CN1CCCCC1. The molecule has 1 heterocycles. The summed E-state index contributed by atoms with van der Waals surface area (Å²) in [5.74, 6) is 0. The third-order valence-electron chi connectivity index (χ3n) is 1.94. The molecule has 0 bridgehead atoms. The number of likely N-dealkylation sites (tertiary alicyclic amines) is 1. The number of rotatable bonds is 3. The smallest absolute Gasteiger partial charge is 0.234 e. The zero-order valence-corrected chi connectivity index (χ0v) is 8.74. The van der Waals surface area contributed by atoms with Crippen molar-refractivity contribution in [2.24, 2.45) is 4.99 Å². The highest BCUT2D eigenvalue weighted by Crippen LogP contribution is 2.05. The lowest BCUT2D eigenvalue weighted by Crippen LogP contribution is -2.27. The quantitative estimate of drug-likeness (QED) is 0.390. The minimum Gasteiger partial charge on any atom is -0.345 e. The van der Waals surface area contributed by atoms with Gasteiger partial charge in [-0.1, -0.05) is 6.92 Å². The highest BCUT2D eigenvalue weighted by Gasteiger charge is 2.05. The van der Waals surface area contributed by atoms with Gasteiger partial charge in [0.2, 0.25) is 12.5 Å². The highest BCUT2D eigenvalue weighted by molar-refractivity contribution is 5.46. The van der Waals surface area contributed by atoms with E-state index in [4.69, 9.17) is 0 Å². The fraction of sp³-hybridized carbons (Fsp3) is 0.800. The van der Waals surface area contributed by atoms with Crippen molar-refractivity contribution in [2.75, 3.05) is 19.6 Å². The lowest BCUT2D eigenvalue weighted by molar-refractivity contribution is -0.118. The largest absolute Gasteiger partial charge is 0.345 e. The molecule has 0 aromatic heterocycles. The summed E-state index contributed by atoms with van der Waals surface area (Å²) < 4.78 is 0. The van der Waals surface area contributed by atoms with Crippen LogP contribution < -0.4 is 0 Å². The predicted octanol–water partition coefficient (Wildman–Crippen LogP) is 1.36. The van der Waals surface area contributed by atoms with Gasteiger partial charge in [-0.25, -0.2) is 9.79 Å². The van der Waals surface area contributed by atoms with Crippen LogP contribution >= 0.6 is 0 Å². The van der Waals surface area contributed by atoms with Crippen molar-refractivity contribution in [1.82, 2.24) is 4.90 Å². The molecule has 0 atom stereocenters. The zero-order valence-electron chi connectivity index (χ0n) is 8.74.